The normalized spacial score (nSPS) is 15.8. The minimum Gasteiger partial charge on any atom is -0.491 e. The monoisotopic (exact) mass is 375 g/mol. The fourth-order valence-electron chi connectivity index (χ4n) is 4.16. The van der Waals surface area contributed by atoms with E-state index in [1.54, 1.807) is 0 Å². The molecule has 2 aromatic carbocycles. The molecule has 28 heavy (non-hydrogen) atoms. The average molecular weight is 376 g/mol. The summed E-state index contributed by atoms with van der Waals surface area (Å²) >= 11 is 0. The van der Waals surface area contributed by atoms with Gasteiger partial charge >= 0.3 is 0 Å². The van der Waals surface area contributed by atoms with Gasteiger partial charge in [-0.15, -0.1) is 6.58 Å². The van der Waals surface area contributed by atoms with E-state index >= 15 is 0 Å². The molecule has 1 unspecified atom stereocenters. The maximum Gasteiger partial charge on any atom is 0.127 e. The van der Waals surface area contributed by atoms with Crippen molar-refractivity contribution in [1.82, 2.24) is 14.5 Å². The van der Waals surface area contributed by atoms with E-state index in [0.29, 0.717) is 12.6 Å². The molecule has 0 saturated carbocycles. The number of likely N-dealkylation sites (tertiary alicyclic amines) is 1. The number of hydrogen-bond acceptors (Lipinski definition) is 3. The molecule has 1 saturated heterocycles. The Hall–Kier alpha value is -2.59. The molecule has 4 nitrogen and oxygen atoms in total. The van der Waals surface area contributed by atoms with Gasteiger partial charge in [0.15, 0.2) is 0 Å². The van der Waals surface area contributed by atoms with E-state index in [0.717, 1.165) is 43.1 Å². The summed E-state index contributed by atoms with van der Waals surface area (Å²) in [5.74, 6) is 2.09. The summed E-state index contributed by atoms with van der Waals surface area (Å²) in [4.78, 5) is 7.52. The summed E-state index contributed by atoms with van der Waals surface area (Å²) in [7, 11) is 0. The Morgan fingerprint density at radius 1 is 1.11 bits per heavy atom. The summed E-state index contributed by atoms with van der Waals surface area (Å²) in [5, 5.41) is 0. The molecule has 0 aliphatic carbocycles. The molecule has 4 rings (SSSR count). The lowest BCUT2D eigenvalue weighted by Crippen LogP contribution is -2.26. The lowest BCUT2D eigenvalue weighted by molar-refractivity contribution is 0.241. The Labute approximate surface area is 167 Å². The molecule has 2 heterocycles. The fraction of sp³-hybridized carbons (Fsp3) is 0.375. The molecule has 0 amide bonds. The molecule has 1 aliphatic rings. The second kappa shape index (κ2) is 8.61. The summed E-state index contributed by atoms with van der Waals surface area (Å²) in [5.41, 5.74) is 3.43. The first-order chi connectivity index (χ1) is 13.8. The van der Waals surface area contributed by atoms with Gasteiger partial charge in [0.25, 0.3) is 0 Å². The number of nitrogens with zero attached hydrogens (tertiary/aromatic N) is 3. The predicted molar refractivity (Wildman–Crippen MR) is 115 cm³/mol. The topological polar surface area (TPSA) is 30.3 Å². The van der Waals surface area contributed by atoms with Crippen molar-refractivity contribution in [2.75, 3.05) is 19.7 Å². The maximum atomic E-state index is 6.16. The number of allylic oxidation sites excluding steroid dienone is 1. The third-order valence-corrected chi connectivity index (χ3v) is 5.66. The van der Waals surface area contributed by atoms with E-state index < -0.39 is 0 Å². The van der Waals surface area contributed by atoms with Gasteiger partial charge in [-0.2, -0.15) is 0 Å². The summed E-state index contributed by atoms with van der Waals surface area (Å²) in [6, 6.07) is 16.9. The number of ether oxygens (including phenoxy) is 1. The molecule has 0 spiro atoms. The van der Waals surface area contributed by atoms with Crippen LogP contribution in [0, 0.1) is 0 Å². The summed E-state index contributed by atoms with van der Waals surface area (Å²) < 4.78 is 8.50. The third-order valence-electron chi connectivity index (χ3n) is 5.66. The Bertz CT molecular complexity index is 940. The number of imidazole rings is 1. The van der Waals surface area contributed by atoms with Crippen molar-refractivity contribution >= 4 is 11.0 Å². The highest BCUT2D eigenvalue weighted by molar-refractivity contribution is 5.76. The largest absolute Gasteiger partial charge is 0.491 e. The van der Waals surface area contributed by atoms with E-state index in [9.17, 15) is 0 Å². The average Bonchev–Trinajstić information content (AvgIpc) is 3.38. The van der Waals surface area contributed by atoms with Crippen LogP contribution in [-0.4, -0.2) is 34.1 Å². The molecular weight excluding hydrogens is 346 g/mol. The number of hydrogen-bond donors (Lipinski definition) is 0. The van der Waals surface area contributed by atoms with E-state index in [1.165, 1.54) is 23.9 Å². The molecular formula is C24H29N3O. The van der Waals surface area contributed by atoms with Gasteiger partial charge in [0, 0.05) is 0 Å². The minimum atomic E-state index is 0.322. The van der Waals surface area contributed by atoms with Gasteiger partial charge in [-0.05, 0) is 63.0 Å². The van der Waals surface area contributed by atoms with Crippen LogP contribution in [0.15, 0.2) is 61.2 Å². The van der Waals surface area contributed by atoms with Crippen molar-refractivity contribution in [3.63, 3.8) is 0 Å². The van der Waals surface area contributed by atoms with Gasteiger partial charge in [-0.25, -0.2) is 4.98 Å². The molecule has 1 atom stereocenters. The SMILES string of the molecule is C=CCc1ccccc1OCCn1c(C(C)N2CCCC2)nc2ccccc21. The molecule has 0 N–H and O–H groups in total. The fourth-order valence-corrected chi connectivity index (χ4v) is 4.16. The van der Waals surface area contributed by atoms with E-state index in [1.807, 2.05) is 24.3 Å². The number of rotatable bonds is 8. The molecule has 1 fully saturated rings. The number of aromatic nitrogens is 2. The molecule has 3 aromatic rings. The smallest absolute Gasteiger partial charge is 0.127 e. The Morgan fingerprint density at radius 3 is 2.68 bits per heavy atom. The minimum absolute atomic E-state index is 0.322. The third kappa shape index (κ3) is 3.83. The second-order valence-corrected chi connectivity index (χ2v) is 7.48. The van der Waals surface area contributed by atoms with Crippen molar-refractivity contribution in [3.8, 4) is 5.75 Å². The van der Waals surface area contributed by atoms with Crippen LogP contribution in [0.5, 0.6) is 5.75 Å². The van der Waals surface area contributed by atoms with Gasteiger partial charge in [-0.3, -0.25) is 4.90 Å². The van der Waals surface area contributed by atoms with Gasteiger partial charge < -0.3 is 9.30 Å². The number of fused-ring (bicyclic) bond motifs is 1. The summed E-state index contributed by atoms with van der Waals surface area (Å²) in [6.07, 6.45) is 5.31. The van der Waals surface area contributed by atoms with E-state index in [-0.39, 0.29) is 0 Å². The number of benzene rings is 2. The van der Waals surface area contributed by atoms with Crippen LogP contribution in [-0.2, 0) is 13.0 Å². The second-order valence-electron chi connectivity index (χ2n) is 7.48. The molecule has 0 bridgehead atoms. The lowest BCUT2D eigenvalue weighted by Gasteiger charge is -2.24. The van der Waals surface area contributed by atoms with Gasteiger partial charge in [-0.1, -0.05) is 36.4 Å². The van der Waals surface area contributed by atoms with Crippen LogP contribution in [0.4, 0.5) is 0 Å². The quantitative estimate of drug-likeness (QED) is 0.519. The Balaban J connectivity index is 1.56. The molecule has 1 aromatic heterocycles. The first-order valence-corrected chi connectivity index (χ1v) is 10.3. The van der Waals surface area contributed by atoms with Crippen LogP contribution in [0.1, 0.15) is 37.2 Å². The van der Waals surface area contributed by atoms with Crippen molar-refractivity contribution in [2.24, 2.45) is 0 Å². The zero-order chi connectivity index (χ0) is 19.3. The highest BCUT2D eigenvalue weighted by Gasteiger charge is 2.24. The summed E-state index contributed by atoms with van der Waals surface area (Å²) in [6.45, 7) is 9.86. The predicted octanol–water partition coefficient (Wildman–Crippen LogP) is 5.00. The molecule has 1 aliphatic heterocycles. The zero-order valence-electron chi connectivity index (χ0n) is 16.7. The highest BCUT2D eigenvalue weighted by atomic mass is 16.5. The Kier molecular flexibility index (Phi) is 5.77. The molecule has 0 radical (unpaired) electrons. The van der Waals surface area contributed by atoms with Gasteiger partial charge in [0.2, 0.25) is 0 Å². The maximum absolute atomic E-state index is 6.16. The molecule has 4 heteroatoms. The molecule has 146 valence electrons. The van der Waals surface area contributed by atoms with Crippen molar-refractivity contribution in [1.29, 1.82) is 0 Å². The highest BCUT2D eigenvalue weighted by Crippen LogP contribution is 2.27. The number of para-hydroxylation sites is 3. The van der Waals surface area contributed by atoms with Gasteiger partial charge in [0.1, 0.15) is 18.2 Å². The van der Waals surface area contributed by atoms with Crippen LogP contribution >= 0.6 is 0 Å². The Morgan fingerprint density at radius 2 is 1.86 bits per heavy atom. The first-order valence-electron chi connectivity index (χ1n) is 10.3. The van der Waals surface area contributed by atoms with Crippen LogP contribution in [0.2, 0.25) is 0 Å². The van der Waals surface area contributed by atoms with Crippen molar-refractivity contribution < 1.29 is 4.74 Å². The van der Waals surface area contributed by atoms with Crippen LogP contribution in [0.3, 0.4) is 0 Å². The van der Waals surface area contributed by atoms with Crippen LogP contribution < -0.4 is 4.74 Å². The van der Waals surface area contributed by atoms with E-state index in [2.05, 4.69) is 53.3 Å². The zero-order valence-corrected chi connectivity index (χ0v) is 16.7. The van der Waals surface area contributed by atoms with Crippen LogP contribution in [0.25, 0.3) is 11.0 Å². The van der Waals surface area contributed by atoms with Gasteiger partial charge in [0.05, 0.1) is 23.6 Å². The van der Waals surface area contributed by atoms with E-state index in [4.69, 9.17) is 9.72 Å². The van der Waals surface area contributed by atoms with Crippen molar-refractivity contribution in [2.45, 2.75) is 38.8 Å². The lowest BCUT2D eigenvalue weighted by atomic mass is 10.1. The standard InChI is InChI=1S/C24H29N3O/c1-3-10-20-11-4-7-14-23(20)28-18-17-27-22-13-6-5-12-21(22)25-24(27)19(2)26-15-8-9-16-26/h3-7,11-14,19H,1,8-10,15-18H2,2H3. The van der Waals surface area contributed by atoms with Crippen molar-refractivity contribution in [3.05, 3.63) is 72.6 Å². The first kappa shape index (κ1) is 18.8.